The maximum absolute atomic E-state index is 11.9. The molecule has 1 heterocycles. The number of hydrogen-bond donors (Lipinski definition) is 2. The van der Waals surface area contributed by atoms with Crippen LogP contribution < -0.4 is 15.6 Å². The Morgan fingerprint density at radius 3 is 2.43 bits per heavy atom. The van der Waals surface area contributed by atoms with Crippen molar-refractivity contribution in [3.8, 4) is 5.88 Å². The molecule has 2 aromatic rings. The van der Waals surface area contributed by atoms with Crippen molar-refractivity contribution in [3.63, 3.8) is 0 Å². The maximum atomic E-state index is 11.9. The second-order valence-electron chi connectivity index (χ2n) is 3.98. The average Bonchev–Trinajstić information content (AvgIpc) is 2.52. The van der Waals surface area contributed by atoms with Crippen molar-refractivity contribution < 1.29 is 14.3 Å². The van der Waals surface area contributed by atoms with E-state index < -0.39 is 11.8 Å². The number of carbonyl (C=O) groups is 2. The third-order valence-corrected chi connectivity index (χ3v) is 2.86. The Balaban J connectivity index is 2.01. The van der Waals surface area contributed by atoms with Gasteiger partial charge >= 0.3 is 0 Å². The van der Waals surface area contributed by atoms with Gasteiger partial charge in [0.2, 0.25) is 5.88 Å². The van der Waals surface area contributed by atoms with Gasteiger partial charge in [-0.15, -0.1) is 0 Å². The van der Waals surface area contributed by atoms with E-state index in [2.05, 4.69) is 15.8 Å². The largest absolute Gasteiger partial charge is 0.480 e. The smallest absolute Gasteiger partial charge is 0.275 e. The van der Waals surface area contributed by atoms with Crippen LogP contribution in [0.1, 0.15) is 20.7 Å². The van der Waals surface area contributed by atoms with Gasteiger partial charge in [0.15, 0.2) is 0 Å². The first-order valence-corrected chi connectivity index (χ1v) is 6.35. The third kappa shape index (κ3) is 3.70. The van der Waals surface area contributed by atoms with E-state index in [1.165, 1.54) is 19.4 Å². The normalized spacial score (nSPS) is 9.81. The lowest BCUT2D eigenvalue weighted by atomic mass is 10.2. The summed E-state index contributed by atoms with van der Waals surface area (Å²) in [6.07, 6.45) is 1.50. The van der Waals surface area contributed by atoms with Gasteiger partial charge in [-0.05, 0) is 36.4 Å². The lowest BCUT2D eigenvalue weighted by Gasteiger charge is -2.09. The number of methoxy groups -OCH3 is 1. The van der Waals surface area contributed by atoms with E-state index in [9.17, 15) is 9.59 Å². The molecule has 0 aliphatic rings. The molecule has 108 valence electrons. The Morgan fingerprint density at radius 1 is 1.10 bits per heavy atom. The van der Waals surface area contributed by atoms with Gasteiger partial charge in [-0.1, -0.05) is 11.6 Å². The highest BCUT2D eigenvalue weighted by Crippen LogP contribution is 2.13. The SMILES string of the molecule is COc1ncccc1C(=O)NNC(=O)c1ccc(Cl)cc1. The van der Waals surface area contributed by atoms with E-state index in [4.69, 9.17) is 16.3 Å². The predicted octanol–water partition coefficient (Wildman–Crippen LogP) is 1.82. The maximum Gasteiger partial charge on any atom is 0.275 e. The van der Waals surface area contributed by atoms with E-state index in [0.717, 1.165) is 0 Å². The average molecular weight is 306 g/mol. The number of carbonyl (C=O) groups excluding carboxylic acids is 2. The molecule has 0 aliphatic carbocycles. The second-order valence-corrected chi connectivity index (χ2v) is 4.41. The molecule has 7 heteroatoms. The predicted molar refractivity (Wildman–Crippen MR) is 77.2 cm³/mol. The van der Waals surface area contributed by atoms with Crippen molar-refractivity contribution in [1.82, 2.24) is 15.8 Å². The number of ether oxygens (including phenoxy) is 1. The highest BCUT2D eigenvalue weighted by Gasteiger charge is 2.13. The minimum absolute atomic E-state index is 0.177. The fourth-order valence-electron chi connectivity index (χ4n) is 1.58. The third-order valence-electron chi connectivity index (χ3n) is 2.61. The van der Waals surface area contributed by atoms with E-state index >= 15 is 0 Å². The fourth-order valence-corrected chi connectivity index (χ4v) is 1.71. The summed E-state index contributed by atoms with van der Waals surface area (Å²) in [6.45, 7) is 0. The summed E-state index contributed by atoms with van der Waals surface area (Å²) in [6, 6.07) is 9.40. The molecule has 21 heavy (non-hydrogen) atoms. The van der Waals surface area contributed by atoms with Crippen LogP contribution in [0.3, 0.4) is 0 Å². The second kappa shape index (κ2) is 6.71. The Morgan fingerprint density at radius 2 is 1.76 bits per heavy atom. The molecule has 2 rings (SSSR count). The summed E-state index contributed by atoms with van der Waals surface area (Å²) >= 11 is 5.74. The molecule has 0 saturated carbocycles. The molecule has 0 atom stereocenters. The minimum atomic E-state index is -0.526. The summed E-state index contributed by atoms with van der Waals surface area (Å²) in [5, 5.41) is 0.524. The number of nitrogens with zero attached hydrogens (tertiary/aromatic N) is 1. The summed E-state index contributed by atoms with van der Waals surface area (Å²) < 4.78 is 4.97. The quantitative estimate of drug-likeness (QED) is 0.848. The number of pyridine rings is 1. The monoisotopic (exact) mass is 305 g/mol. The van der Waals surface area contributed by atoms with Gasteiger partial charge in [0.25, 0.3) is 11.8 Å². The number of halogens is 1. The molecule has 2 N–H and O–H groups in total. The summed E-state index contributed by atoms with van der Waals surface area (Å²) in [5.41, 5.74) is 5.19. The van der Waals surface area contributed by atoms with E-state index in [1.807, 2.05) is 0 Å². The minimum Gasteiger partial charge on any atom is -0.480 e. The fraction of sp³-hybridized carbons (Fsp3) is 0.0714. The van der Waals surface area contributed by atoms with Crippen LogP contribution in [-0.4, -0.2) is 23.9 Å². The number of amides is 2. The van der Waals surface area contributed by atoms with E-state index in [0.29, 0.717) is 10.6 Å². The van der Waals surface area contributed by atoms with Crippen molar-refractivity contribution in [3.05, 3.63) is 58.7 Å². The van der Waals surface area contributed by atoms with Crippen LogP contribution in [0.15, 0.2) is 42.6 Å². The lowest BCUT2D eigenvalue weighted by molar-refractivity contribution is 0.0844. The number of benzene rings is 1. The van der Waals surface area contributed by atoms with Crippen LogP contribution in [0.5, 0.6) is 5.88 Å². The molecule has 1 aromatic carbocycles. The van der Waals surface area contributed by atoms with Gasteiger partial charge in [-0.3, -0.25) is 20.4 Å². The molecule has 0 radical (unpaired) electrons. The molecule has 1 aromatic heterocycles. The molecule has 0 spiro atoms. The van der Waals surface area contributed by atoms with Crippen LogP contribution in [-0.2, 0) is 0 Å². The van der Waals surface area contributed by atoms with Crippen LogP contribution in [0.4, 0.5) is 0 Å². The Hall–Kier alpha value is -2.60. The number of hydrazine groups is 1. The molecule has 0 saturated heterocycles. The molecule has 6 nitrogen and oxygen atoms in total. The first kappa shape index (κ1) is 14.8. The highest BCUT2D eigenvalue weighted by atomic mass is 35.5. The first-order chi connectivity index (χ1) is 10.1. The number of nitrogens with one attached hydrogen (secondary N) is 2. The van der Waals surface area contributed by atoms with Gasteiger partial charge in [0.05, 0.1) is 7.11 Å². The number of rotatable bonds is 3. The van der Waals surface area contributed by atoms with Crippen LogP contribution in [0.25, 0.3) is 0 Å². The van der Waals surface area contributed by atoms with Gasteiger partial charge < -0.3 is 4.74 Å². The highest BCUT2D eigenvalue weighted by molar-refractivity contribution is 6.30. The zero-order valence-electron chi connectivity index (χ0n) is 11.1. The molecule has 0 fully saturated rings. The van der Waals surface area contributed by atoms with Crippen LogP contribution in [0.2, 0.25) is 5.02 Å². The standard InChI is InChI=1S/C14H12ClN3O3/c1-21-14-11(3-2-8-16-14)13(20)18-17-12(19)9-4-6-10(15)7-5-9/h2-8H,1H3,(H,17,19)(H,18,20). The van der Waals surface area contributed by atoms with Crippen LogP contribution >= 0.6 is 11.6 Å². The number of hydrogen-bond acceptors (Lipinski definition) is 4. The molecule has 0 aliphatic heterocycles. The lowest BCUT2D eigenvalue weighted by Crippen LogP contribution is -2.41. The number of aromatic nitrogens is 1. The topological polar surface area (TPSA) is 80.3 Å². The molecular weight excluding hydrogens is 294 g/mol. The van der Waals surface area contributed by atoms with E-state index in [1.54, 1.807) is 30.3 Å². The summed E-state index contributed by atoms with van der Waals surface area (Å²) in [7, 11) is 1.41. The van der Waals surface area contributed by atoms with Gasteiger partial charge in [0.1, 0.15) is 5.56 Å². The van der Waals surface area contributed by atoms with Crippen molar-refractivity contribution in [2.75, 3.05) is 7.11 Å². The summed E-state index contributed by atoms with van der Waals surface area (Å²) in [4.78, 5) is 27.7. The Kier molecular flexibility index (Phi) is 4.73. The van der Waals surface area contributed by atoms with Gasteiger partial charge in [-0.25, -0.2) is 4.98 Å². The van der Waals surface area contributed by atoms with Crippen molar-refractivity contribution in [1.29, 1.82) is 0 Å². The van der Waals surface area contributed by atoms with E-state index in [-0.39, 0.29) is 11.4 Å². The van der Waals surface area contributed by atoms with Crippen molar-refractivity contribution >= 4 is 23.4 Å². The van der Waals surface area contributed by atoms with Gasteiger partial charge in [-0.2, -0.15) is 0 Å². The zero-order chi connectivity index (χ0) is 15.2. The first-order valence-electron chi connectivity index (χ1n) is 5.97. The summed E-state index contributed by atoms with van der Waals surface area (Å²) in [5.74, 6) is -0.805. The Labute approximate surface area is 126 Å². The molecule has 0 bridgehead atoms. The van der Waals surface area contributed by atoms with Crippen molar-refractivity contribution in [2.24, 2.45) is 0 Å². The molecular formula is C14H12ClN3O3. The zero-order valence-corrected chi connectivity index (χ0v) is 11.8. The van der Waals surface area contributed by atoms with Crippen molar-refractivity contribution in [2.45, 2.75) is 0 Å². The van der Waals surface area contributed by atoms with Crippen LogP contribution in [0, 0.1) is 0 Å². The van der Waals surface area contributed by atoms with Gasteiger partial charge in [0, 0.05) is 16.8 Å². The molecule has 0 unspecified atom stereocenters. The molecule has 2 amide bonds. The Bertz CT molecular complexity index is 659.